The molecule has 1 aliphatic heterocycles. The van der Waals surface area contributed by atoms with E-state index in [1.807, 2.05) is 0 Å². The number of amides is 1. The predicted octanol–water partition coefficient (Wildman–Crippen LogP) is 2.05. The average molecular weight is 358 g/mol. The van der Waals surface area contributed by atoms with Crippen LogP contribution < -0.4 is 5.32 Å². The second kappa shape index (κ2) is 8.14. The summed E-state index contributed by atoms with van der Waals surface area (Å²) in [6.07, 6.45) is -4.29. The van der Waals surface area contributed by atoms with Gasteiger partial charge in [-0.3, -0.25) is 9.69 Å². The molecule has 126 valence electrons. The highest BCUT2D eigenvalue weighted by Gasteiger charge is 2.32. The van der Waals surface area contributed by atoms with Crippen molar-refractivity contribution in [2.75, 3.05) is 39.8 Å². The zero-order valence-corrected chi connectivity index (χ0v) is 13.8. The Hall–Kier alpha value is -0.830. The molecule has 0 radical (unpaired) electrons. The molecule has 1 amide bonds. The molecule has 1 N–H and O–H groups in total. The van der Waals surface area contributed by atoms with Gasteiger partial charge in [-0.05, 0) is 19.2 Å². The fourth-order valence-electron chi connectivity index (χ4n) is 2.18. The maximum absolute atomic E-state index is 12.5. The minimum atomic E-state index is -4.29. The van der Waals surface area contributed by atoms with Crippen molar-refractivity contribution in [1.82, 2.24) is 15.1 Å². The van der Waals surface area contributed by atoms with E-state index in [1.165, 1.54) is 6.07 Å². The smallest absolute Gasteiger partial charge is 0.339 e. The number of piperazine rings is 1. The van der Waals surface area contributed by atoms with Crippen molar-refractivity contribution < 1.29 is 18.0 Å². The van der Waals surface area contributed by atoms with Crippen LogP contribution in [0, 0.1) is 0 Å². The van der Waals surface area contributed by atoms with Gasteiger partial charge in [-0.2, -0.15) is 13.2 Å². The third-order valence-electron chi connectivity index (χ3n) is 3.24. The normalized spacial score (nSPS) is 15.8. The summed E-state index contributed by atoms with van der Waals surface area (Å²) in [5.41, 5.74) is 0. The topological polar surface area (TPSA) is 35.6 Å². The Morgan fingerprint density at radius 2 is 2.00 bits per heavy atom. The first-order chi connectivity index (χ1) is 9.86. The minimum absolute atomic E-state index is 0. The molecule has 0 saturated carbocycles. The van der Waals surface area contributed by atoms with Crippen molar-refractivity contribution in [2.45, 2.75) is 12.7 Å². The number of likely N-dealkylation sites (N-methyl/N-ethyl adjacent to an activating group) is 1. The number of hydrogen-bond donors (Lipinski definition) is 1. The Kier molecular flexibility index (Phi) is 7.11. The van der Waals surface area contributed by atoms with Crippen LogP contribution in [0.4, 0.5) is 13.2 Å². The lowest BCUT2D eigenvalue weighted by Crippen LogP contribution is -2.49. The summed E-state index contributed by atoms with van der Waals surface area (Å²) in [6.45, 7) is 3.51. The van der Waals surface area contributed by atoms with E-state index in [-0.39, 0.29) is 24.9 Å². The first-order valence-electron chi connectivity index (χ1n) is 6.69. The van der Waals surface area contributed by atoms with E-state index in [0.717, 1.165) is 30.5 Å². The third-order valence-corrected chi connectivity index (χ3v) is 4.36. The van der Waals surface area contributed by atoms with Crippen molar-refractivity contribution >= 4 is 29.7 Å². The lowest BCUT2D eigenvalue weighted by atomic mass is 10.3. The molecule has 1 saturated heterocycles. The van der Waals surface area contributed by atoms with Gasteiger partial charge in [-0.25, -0.2) is 0 Å². The standard InChI is InChI=1S/C13H18F3N3OS.ClH/c1-18(9-12(20)19-6-4-17-5-7-19)8-10-2-3-11(21-10)13(14,15)16;/h2-3,17H,4-9H2,1H3;1H. The molecule has 0 aliphatic carbocycles. The summed E-state index contributed by atoms with van der Waals surface area (Å²) in [6, 6.07) is 2.56. The van der Waals surface area contributed by atoms with Crippen LogP contribution in [0.1, 0.15) is 9.75 Å². The lowest BCUT2D eigenvalue weighted by molar-refractivity contribution is -0.134. The van der Waals surface area contributed by atoms with Crippen molar-refractivity contribution in [1.29, 1.82) is 0 Å². The molecule has 1 aromatic heterocycles. The summed E-state index contributed by atoms with van der Waals surface area (Å²) < 4.78 is 37.6. The molecule has 0 spiro atoms. The highest BCUT2D eigenvalue weighted by atomic mass is 35.5. The van der Waals surface area contributed by atoms with E-state index < -0.39 is 11.1 Å². The van der Waals surface area contributed by atoms with Crippen LogP contribution in [-0.4, -0.2) is 55.5 Å². The molecule has 22 heavy (non-hydrogen) atoms. The molecule has 4 nitrogen and oxygen atoms in total. The van der Waals surface area contributed by atoms with Gasteiger partial charge in [0.15, 0.2) is 0 Å². The maximum Gasteiger partial charge on any atom is 0.425 e. The van der Waals surface area contributed by atoms with Gasteiger partial charge < -0.3 is 10.2 Å². The number of halogens is 4. The highest BCUT2D eigenvalue weighted by Crippen LogP contribution is 2.34. The monoisotopic (exact) mass is 357 g/mol. The Bertz CT molecular complexity index is 489. The van der Waals surface area contributed by atoms with Gasteiger partial charge in [0.1, 0.15) is 4.88 Å². The van der Waals surface area contributed by atoms with Crippen molar-refractivity contribution in [3.05, 3.63) is 21.9 Å². The molecule has 2 heterocycles. The zero-order valence-electron chi connectivity index (χ0n) is 12.2. The second-order valence-corrected chi connectivity index (χ2v) is 6.24. The molecule has 1 aliphatic rings. The fraction of sp³-hybridized carbons (Fsp3) is 0.615. The molecule has 0 aromatic carbocycles. The number of nitrogens with zero attached hydrogens (tertiary/aromatic N) is 2. The third kappa shape index (κ3) is 5.42. The number of alkyl halides is 3. The summed E-state index contributed by atoms with van der Waals surface area (Å²) in [5.74, 6) is 0.0200. The molecule has 0 bridgehead atoms. The second-order valence-electron chi connectivity index (χ2n) is 5.07. The van der Waals surface area contributed by atoms with E-state index in [0.29, 0.717) is 24.5 Å². The summed E-state index contributed by atoms with van der Waals surface area (Å²) in [4.78, 5) is 15.6. The van der Waals surface area contributed by atoms with E-state index in [4.69, 9.17) is 0 Å². The Balaban J connectivity index is 0.00000242. The number of carbonyl (C=O) groups is 1. The molecule has 0 atom stereocenters. The zero-order chi connectivity index (χ0) is 15.5. The summed E-state index contributed by atoms with van der Waals surface area (Å²) in [7, 11) is 1.74. The van der Waals surface area contributed by atoms with Gasteiger partial charge in [-0.15, -0.1) is 23.7 Å². The Labute approximate surface area is 137 Å². The van der Waals surface area contributed by atoms with Gasteiger partial charge in [-0.1, -0.05) is 0 Å². The van der Waals surface area contributed by atoms with Gasteiger partial charge >= 0.3 is 6.18 Å². The quantitative estimate of drug-likeness (QED) is 0.896. The number of hydrogen-bond acceptors (Lipinski definition) is 4. The Morgan fingerprint density at radius 3 is 2.55 bits per heavy atom. The minimum Gasteiger partial charge on any atom is -0.339 e. The van der Waals surface area contributed by atoms with Gasteiger partial charge in [0.2, 0.25) is 5.91 Å². The van der Waals surface area contributed by atoms with E-state index >= 15 is 0 Å². The molecule has 1 fully saturated rings. The first-order valence-corrected chi connectivity index (χ1v) is 7.51. The average Bonchev–Trinajstić information content (AvgIpc) is 2.88. The maximum atomic E-state index is 12.5. The van der Waals surface area contributed by atoms with Crippen molar-refractivity contribution in [2.24, 2.45) is 0 Å². The first kappa shape index (κ1) is 19.2. The summed E-state index contributed by atoms with van der Waals surface area (Å²) >= 11 is 0.729. The molecule has 9 heteroatoms. The lowest BCUT2D eigenvalue weighted by Gasteiger charge is -2.29. The van der Waals surface area contributed by atoms with Crippen LogP contribution in [0.25, 0.3) is 0 Å². The van der Waals surface area contributed by atoms with Gasteiger partial charge in [0.25, 0.3) is 0 Å². The van der Waals surface area contributed by atoms with E-state index in [2.05, 4.69) is 5.32 Å². The number of rotatable bonds is 4. The number of nitrogens with one attached hydrogen (secondary N) is 1. The molecule has 2 rings (SSSR count). The van der Waals surface area contributed by atoms with Crippen LogP contribution >= 0.6 is 23.7 Å². The van der Waals surface area contributed by atoms with E-state index in [1.54, 1.807) is 16.8 Å². The van der Waals surface area contributed by atoms with Crippen LogP contribution in [0.2, 0.25) is 0 Å². The SMILES string of the molecule is CN(CC(=O)N1CCNCC1)Cc1ccc(C(F)(F)F)s1.Cl. The van der Waals surface area contributed by atoms with Crippen LogP contribution in [0.3, 0.4) is 0 Å². The molecule has 1 aromatic rings. The number of thiophene rings is 1. The molecule has 0 unspecified atom stereocenters. The van der Waals surface area contributed by atoms with Crippen molar-refractivity contribution in [3.63, 3.8) is 0 Å². The van der Waals surface area contributed by atoms with Crippen LogP contribution in [0.15, 0.2) is 12.1 Å². The van der Waals surface area contributed by atoms with Gasteiger partial charge in [0.05, 0.1) is 6.54 Å². The Morgan fingerprint density at radius 1 is 1.36 bits per heavy atom. The number of carbonyl (C=O) groups excluding carboxylic acids is 1. The van der Waals surface area contributed by atoms with Gasteiger partial charge in [0, 0.05) is 37.6 Å². The van der Waals surface area contributed by atoms with Crippen LogP contribution in [0.5, 0.6) is 0 Å². The van der Waals surface area contributed by atoms with Crippen LogP contribution in [-0.2, 0) is 17.5 Å². The predicted molar refractivity (Wildman–Crippen MR) is 82.4 cm³/mol. The van der Waals surface area contributed by atoms with E-state index in [9.17, 15) is 18.0 Å². The molecular formula is C13H19ClF3N3OS. The van der Waals surface area contributed by atoms with Crippen molar-refractivity contribution in [3.8, 4) is 0 Å². The molecular weight excluding hydrogens is 339 g/mol. The summed E-state index contributed by atoms with van der Waals surface area (Å²) in [5, 5.41) is 3.17. The largest absolute Gasteiger partial charge is 0.425 e. The fourth-order valence-corrected chi connectivity index (χ4v) is 3.14. The highest BCUT2D eigenvalue weighted by molar-refractivity contribution is 7.12.